The van der Waals surface area contributed by atoms with E-state index in [1.165, 1.54) is 25.0 Å². The minimum Gasteiger partial charge on any atom is -0.365 e. The number of aryl methyl sites for hydroxylation is 1. The third-order valence-corrected chi connectivity index (χ3v) is 1.87. The molecule has 2 rings (SSSR count). The molecule has 0 radical (unpaired) electrons. The molecule has 0 bridgehead atoms. The molecule has 0 aromatic carbocycles. The molecule has 10 heavy (non-hydrogen) atoms. The van der Waals surface area contributed by atoms with Crippen LogP contribution in [0.1, 0.15) is 18.5 Å². The van der Waals surface area contributed by atoms with Gasteiger partial charge in [-0.3, -0.25) is 0 Å². The third-order valence-electron chi connectivity index (χ3n) is 1.87. The SMILES string of the molecule is C1=C(CCc2ccc[nH]2)C1. The molecule has 0 spiro atoms. The molecule has 0 fully saturated rings. The Morgan fingerprint density at radius 1 is 1.40 bits per heavy atom. The second-order valence-electron chi connectivity index (χ2n) is 2.76. The first kappa shape index (κ1) is 5.78. The number of hydrogen-bond donors (Lipinski definition) is 1. The minimum absolute atomic E-state index is 1.18. The van der Waals surface area contributed by atoms with Crippen LogP contribution in [0.5, 0.6) is 0 Å². The van der Waals surface area contributed by atoms with Crippen LogP contribution in [0.3, 0.4) is 0 Å². The standard InChI is InChI=1S/C9H11N/c1-2-9(10-7-1)6-5-8-3-4-8/h1-3,7,10H,4-6H2. The molecule has 52 valence electrons. The molecule has 1 aromatic heterocycles. The zero-order valence-corrected chi connectivity index (χ0v) is 5.93. The molecule has 1 aromatic rings. The van der Waals surface area contributed by atoms with Gasteiger partial charge < -0.3 is 4.98 Å². The zero-order valence-electron chi connectivity index (χ0n) is 5.93. The first-order valence-corrected chi connectivity index (χ1v) is 3.75. The van der Waals surface area contributed by atoms with Gasteiger partial charge in [-0.2, -0.15) is 0 Å². The maximum Gasteiger partial charge on any atom is 0.0150 e. The van der Waals surface area contributed by atoms with Gasteiger partial charge in [0.15, 0.2) is 0 Å². The van der Waals surface area contributed by atoms with E-state index in [1.54, 1.807) is 5.57 Å². The van der Waals surface area contributed by atoms with Crippen LogP contribution >= 0.6 is 0 Å². The maximum absolute atomic E-state index is 3.19. The van der Waals surface area contributed by atoms with E-state index in [0.29, 0.717) is 0 Å². The lowest BCUT2D eigenvalue weighted by Crippen LogP contribution is -1.81. The largest absolute Gasteiger partial charge is 0.365 e. The predicted octanol–water partition coefficient (Wildman–Crippen LogP) is 2.28. The molecule has 0 saturated heterocycles. The van der Waals surface area contributed by atoms with Crippen LogP contribution in [0.25, 0.3) is 0 Å². The summed E-state index contributed by atoms with van der Waals surface area (Å²) < 4.78 is 0. The van der Waals surface area contributed by atoms with Crippen molar-refractivity contribution < 1.29 is 0 Å². The Morgan fingerprint density at radius 2 is 2.30 bits per heavy atom. The summed E-state index contributed by atoms with van der Waals surface area (Å²) in [6.07, 6.45) is 7.97. The van der Waals surface area contributed by atoms with Gasteiger partial charge >= 0.3 is 0 Å². The van der Waals surface area contributed by atoms with E-state index in [1.807, 2.05) is 6.20 Å². The van der Waals surface area contributed by atoms with Crippen LogP contribution in [-0.2, 0) is 6.42 Å². The van der Waals surface area contributed by atoms with Crippen molar-refractivity contribution in [1.82, 2.24) is 4.98 Å². The first-order valence-electron chi connectivity index (χ1n) is 3.75. The quantitative estimate of drug-likeness (QED) is 0.609. The Balaban J connectivity index is 1.85. The highest BCUT2D eigenvalue weighted by atomic mass is 14.7. The van der Waals surface area contributed by atoms with Crippen molar-refractivity contribution in [2.45, 2.75) is 19.3 Å². The third kappa shape index (κ3) is 1.29. The van der Waals surface area contributed by atoms with Crippen molar-refractivity contribution >= 4 is 0 Å². The Kier molecular flexibility index (Phi) is 1.35. The number of hydrogen-bond acceptors (Lipinski definition) is 0. The fraction of sp³-hybridized carbons (Fsp3) is 0.333. The van der Waals surface area contributed by atoms with Crippen molar-refractivity contribution in [2.24, 2.45) is 0 Å². The summed E-state index contributed by atoms with van der Waals surface area (Å²) in [6, 6.07) is 4.19. The summed E-state index contributed by atoms with van der Waals surface area (Å²) in [5.74, 6) is 0. The Morgan fingerprint density at radius 3 is 2.90 bits per heavy atom. The van der Waals surface area contributed by atoms with Crippen molar-refractivity contribution in [3.63, 3.8) is 0 Å². The fourth-order valence-electron chi connectivity index (χ4n) is 1.09. The van der Waals surface area contributed by atoms with Gasteiger partial charge in [-0.05, 0) is 31.4 Å². The topological polar surface area (TPSA) is 15.8 Å². The maximum atomic E-state index is 3.19. The molecule has 1 heteroatoms. The van der Waals surface area contributed by atoms with Crippen LogP contribution in [-0.4, -0.2) is 4.98 Å². The van der Waals surface area contributed by atoms with Gasteiger partial charge in [-0.15, -0.1) is 0 Å². The average molecular weight is 133 g/mol. The Labute approximate surface area is 60.8 Å². The molecular formula is C9H11N. The molecule has 1 nitrogen and oxygen atoms in total. The van der Waals surface area contributed by atoms with Gasteiger partial charge in [0.05, 0.1) is 0 Å². The van der Waals surface area contributed by atoms with Gasteiger partial charge in [0.1, 0.15) is 0 Å². The van der Waals surface area contributed by atoms with E-state index < -0.39 is 0 Å². The number of H-pyrrole nitrogens is 1. The van der Waals surface area contributed by atoms with Crippen molar-refractivity contribution in [1.29, 1.82) is 0 Å². The van der Waals surface area contributed by atoms with Crippen LogP contribution in [0.2, 0.25) is 0 Å². The summed E-state index contributed by atoms with van der Waals surface area (Å²) in [5.41, 5.74) is 2.97. The normalized spacial score (nSPS) is 15.0. The summed E-state index contributed by atoms with van der Waals surface area (Å²) in [6.45, 7) is 0. The van der Waals surface area contributed by atoms with Gasteiger partial charge in [0.25, 0.3) is 0 Å². The summed E-state index contributed by atoms with van der Waals surface area (Å²) in [4.78, 5) is 3.19. The summed E-state index contributed by atoms with van der Waals surface area (Å²) >= 11 is 0. The number of aromatic amines is 1. The highest BCUT2D eigenvalue weighted by Crippen LogP contribution is 2.23. The van der Waals surface area contributed by atoms with Crippen LogP contribution in [0.15, 0.2) is 30.0 Å². The molecule has 1 aliphatic rings. The number of rotatable bonds is 3. The summed E-state index contributed by atoms with van der Waals surface area (Å²) in [5, 5.41) is 0. The number of allylic oxidation sites excluding steroid dienone is 2. The molecule has 1 heterocycles. The van der Waals surface area contributed by atoms with E-state index in [9.17, 15) is 0 Å². The lowest BCUT2D eigenvalue weighted by molar-refractivity contribution is 0.931. The zero-order chi connectivity index (χ0) is 6.81. The van der Waals surface area contributed by atoms with Crippen LogP contribution in [0, 0.1) is 0 Å². The second kappa shape index (κ2) is 2.33. The van der Waals surface area contributed by atoms with E-state index in [0.717, 1.165) is 0 Å². The molecule has 0 saturated carbocycles. The lowest BCUT2D eigenvalue weighted by Gasteiger charge is -1.91. The van der Waals surface area contributed by atoms with Gasteiger partial charge in [0, 0.05) is 11.9 Å². The Bertz CT molecular complexity index is 231. The second-order valence-corrected chi connectivity index (χ2v) is 2.76. The minimum atomic E-state index is 1.18. The predicted molar refractivity (Wildman–Crippen MR) is 41.8 cm³/mol. The van der Waals surface area contributed by atoms with Crippen LogP contribution in [0.4, 0.5) is 0 Å². The van der Waals surface area contributed by atoms with Crippen LogP contribution < -0.4 is 0 Å². The number of aromatic nitrogens is 1. The molecule has 1 N–H and O–H groups in total. The summed E-state index contributed by atoms with van der Waals surface area (Å²) in [7, 11) is 0. The van der Waals surface area contributed by atoms with Crippen molar-refractivity contribution in [3.05, 3.63) is 35.7 Å². The molecule has 0 unspecified atom stereocenters. The monoisotopic (exact) mass is 133 g/mol. The molecule has 1 aliphatic carbocycles. The van der Waals surface area contributed by atoms with Gasteiger partial charge in [-0.25, -0.2) is 0 Å². The average Bonchev–Trinajstić information content (AvgIpc) is 2.63. The van der Waals surface area contributed by atoms with Gasteiger partial charge in [-0.1, -0.05) is 11.6 Å². The van der Waals surface area contributed by atoms with E-state index in [-0.39, 0.29) is 0 Å². The van der Waals surface area contributed by atoms with Gasteiger partial charge in [0.2, 0.25) is 0 Å². The lowest BCUT2D eigenvalue weighted by atomic mass is 10.2. The fourth-order valence-corrected chi connectivity index (χ4v) is 1.09. The Hall–Kier alpha value is -0.980. The smallest absolute Gasteiger partial charge is 0.0150 e. The molecule has 0 aliphatic heterocycles. The number of nitrogens with one attached hydrogen (secondary N) is 1. The molecule has 0 amide bonds. The first-order chi connectivity index (χ1) is 4.95. The van der Waals surface area contributed by atoms with E-state index in [4.69, 9.17) is 0 Å². The molecular weight excluding hydrogens is 122 g/mol. The van der Waals surface area contributed by atoms with E-state index >= 15 is 0 Å². The highest BCUT2D eigenvalue weighted by molar-refractivity contribution is 5.22. The molecule has 0 atom stereocenters. The van der Waals surface area contributed by atoms with Crippen molar-refractivity contribution in [2.75, 3.05) is 0 Å². The van der Waals surface area contributed by atoms with E-state index in [2.05, 4.69) is 23.2 Å². The highest BCUT2D eigenvalue weighted by Gasteiger charge is 2.06. The van der Waals surface area contributed by atoms with Crippen molar-refractivity contribution in [3.8, 4) is 0 Å².